The Labute approximate surface area is 138 Å². The number of nitrogens with one attached hydrogen (secondary N) is 1. The van der Waals surface area contributed by atoms with Crippen LogP contribution in [0.4, 0.5) is 8.78 Å². The van der Waals surface area contributed by atoms with Crippen LogP contribution >= 0.6 is 0 Å². The number of fused-ring (bicyclic) bond motifs is 1. The second kappa shape index (κ2) is 6.98. The smallest absolute Gasteiger partial charge is 0.387 e. The number of hydrogen-bond donors (Lipinski definition) is 1. The van der Waals surface area contributed by atoms with E-state index in [0.717, 1.165) is 36.0 Å². The molecule has 2 aromatic rings. The Morgan fingerprint density at radius 3 is 3.04 bits per heavy atom. The van der Waals surface area contributed by atoms with Gasteiger partial charge in [-0.2, -0.15) is 13.9 Å². The molecule has 1 amide bonds. The van der Waals surface area contributed by atoms with Gasteiger partial charge in [-0.05, 0) is 55.0 Å². The maximum atomic E-state index is 12.3. The van der Waals surface area contributed by atoms with Crippen LogP contribution in [0.3, 0.4) is 0 Å². The standard InChI is InChI=1S/C17H19F2N3O2/c1-11-8-20-22(9-11)10-16(23)21-15-4-2-3-12-7-13(24-17(18)19)5-6-14(12)15/h5-9,15,17H,2-4,10H2,1H3,(H,21,23). The van der Waals surface area contributed by atoms with E-state index in [0.29, 0.717) is 0 Å². The van der Waals surface area contributed by atoms with Crippen molar-refractivity contribution in [2.75, 3.05) is 0 Å². The van der Waals surface area contributed by atoms with E-state index in [1.54, 1.807) is 23.0 Å². The molecule has 1 aliphatic rings. The highest BCUT2D eigenvalue weighted by Gasteiger charge is 2.22. The minimum absolute atomic E-state index is 0.112. The molecule has 3 rings (SSSR count). The fourth-order valence-corrected chi connectivity index (χ4v) is 3.06. The predicted octanol–water partition coefficient (Wildman–Crippen LogP) is 2.99. The molecule has 1 heterocycles. The Balaban J connectivity index is 1.68. The molecule has 5 nitrogen and oxygen atoms in total. The second-order valence-corrected chi connectivity index (χ2v) is 5.97. The number of ether oxygens (including phenoxy) is 1. The lowest BCUT2D eigenvalue weighted by atomic mass is 9.87. The van der Waals surface area contributed by atoms with E-state index in [4.69, 9.17) is 0 Å². The van der Waals surface area contributed by atoms with Crippen molar-refractivity contribution in [2.24, 2.45) is 0 Å². The van der Waals surface area contributed by atoms with E-state index in [9.17, 15) is 13.6 Å². The normalized spacial score (nSPS) is 16.8. The van der Waals surface area contributed by atoms with E-state index in [2.05, 4.69) is 15.2 Å². The first-order valence-electron chi connectivity index (χ1n) is 7.87. The minimum atomic E-state index is -2.83. The van der Waals surface area contributed by atoms with E-state index in [-0.39, 0.29) is 24.2 Å². The zero-order valence-electron chi connectivity index (χ0n) is 13.3. The quantitative estimate of drug-likeness (QED) is 0.914. The monoisotopic (exact) mass is 335 g/mol. The summed E-state index contributed by atoms with van der Waals surface area (Å²) in [6.45, 7) is -0.760. The first-order valence-corrected chi connectivity index (χ1v) is 7.87. The van der Waals surface area contributed by atoms with E-state index in [1.807, 2.05) is 13.1 Å². The van der Waals surface area contributed by atoms with Gasteiger partial charge in [0.25, 0.3) is 0 Å². The second-order valence-electron chi connectivity index (χ2n) is 5.97. The first kappa shape index (κ1) is 16.4. The minimum Gasteiger partial charge on any atom is -0.435 e. The number of hydrogen-bond acceptors (Lipinski definition) is 3. The van der Waals surface area contributed by atoms with Gasteiger partial charge in [0.05, 0.1) is 12.2 Å². The van der Waals surface area contributed by atoms with Crippen molar-refractivity contribution in [3.63, 3.8) is 0 Å². The summed E-state index contributed by atoms with van der Waals surface area (Å²) in [5.41, 5.74) is 2.91. The first-order chi connectivity index (χ1) is 11.5. The van der Waals surface area contributed by atoms with Crippen LogP contribution in [0.5, 0.6) is 5.75 Å². The third-order valence-electron chi connectivity index (χ3n) is 4.06. The average Bonchev–Trinajstić information content (AvgIpc) is 2.91. The van der Waals surface area contributed by atoms with Crippen molar-refractivity contribution < 1.29 is 18.3 Å². The molecule has 128 valence electrons. The van der Waals surface area contributed by atoms with Crippen LogP contribution in [0.15, 0.2) is 30.6 Å². The van der Waals surface area contributed by atoms with Crippen LogP contribution in [0, 0.1) is 6.92 Å². The van der Waals surface area contributed by atoms with Gasteiger partial charge in [0.2, 0.25) is 5.91 Å². The lowest BCUT2D eigenvalue weighted by molar-refractivity contribution is -0.122. The average molecular weight is 335 g/mol. The van der Waals surface area contributed by atoms with Gasteiger partial charge in [-0.15, -0.1) is 0 Å². The lowest BCUT2D eigenvalue weighted by Crippen LogP contribution is -2.33. The fourth-order valence-electron chi connectivity index (χ4n) is 3.06. The number of carbonyl (C=O) groups excluding carboxylic acids is 1. The van der Waals surface area contributed by atoms with Crippen molar-refractivity contribution in [2.45, 2.75) is 45.4 Å². The summed E-state index contributed by atoms with van der Waals surface area (Å²) < 4.78 is 30.7. The number of benzene rings is 1. The van der Waals surface area contributed by atoms with Gasteiger partial charge in [0, 0.05) is 6.20 Å². The molecular weight excluding hydrogens is 316 g/mol. The summed E-state index contributed by atoms with van der Waals surface area (Å²) in [6.07, 6.45) is 6.01. The summed E-state index contributed by atoms with van der Waals surface area (Å²) in [5.74, 6) is 0.0339. The number of amides is 1. The maximum Gasteiger partial charge on any atom is 0.387 e. The van der Waals surface area contributed by atoms with Gasteiger partial charge in [-0.25, -0.2) is 0 Å². The zero-order valence-corrected chi connectivity index (χ0v) is 13.3. The van der Waals surface area contributed by atoms with Gasteiger partial charge in [0.15, 0.2) is 0 Å². The molecule has 0 radical (unpaired) electrons. The number of alkyl halides is 2. The van der Waals surface area contributed by atoms with Crippen LogP contribution in [-0.4, -0.2) is 22.3 Å². The summed E-state index contributed by atoms with van der Waals surface area (Å²) in [6, 6.07) is 4.80. The maximum absolute atomic E-state index is 12.3. The molecule has 0 aliphatic heterocycles. The Kier molecular flexibility index (Phi) is 4.78. The number of aromatic nitrogens is 2. The van der Waals surface area contributed by atoms with Crippen LogP contribution in [0.2, 0.25) is 0 Å². The number of aryl methyl sites for hydroxylation is 2. The third kappa shape index (κ3) is 3.90. The Hall–Kier alpha value is -2.44. The molecule has 1 N–H and O–H groups in total. The summed E-state index contributed by atoms with van der Waals surface area (Å²) in [5, 5.41) is 7.10. The largest absolute Gasteiger partial charge is 0.435 e. The predicted molar refractivity (Wildman–Crippen MR) is 83.9 cm³/mol. The molecule has 7 heteroatoms. The molecule has 1 aromatic carbocycles. The topological polar surface area (TPSA) is 56.2 Å². The van der Waals surface area contributed by atoms with Gasteiger partial charge < -0.3 is 10.1 Å². The number of carbonyl (C=O) groups is 1. The lowest BCUT2D eigenvalue weighted by Gasteiger charge is -2.27. The molecular formula is C17H19F2N3O2. The molecule has 1 aliphatic carbocycles. The van der Waals surface area contributed by atoms with Crippen LogP contribution in [0.25, 0.3) is 0 Å². The van der Waals surface area contributed by atoms with Gasteiger partial charge in [-0.3, -0.25) is 9.48 Å². The van der Waals surface area contributed by atoms with Crippen molar-refractivity contribution in [3.05, 3.63) is 47.3 Å². The Morgan fingerprint density at radius 2 is 2.33 bits per heavy atom. The van der Waals surface area contributed by atoms with Gasteiger partial charge in [-0.1, -0.05) is 6.07 Å². The summed E-state index contributed by atoms with van der Waals surface area (Å²) in [7, 11) is 0. The molecule has 0 fully saturated rings. The highest BCUT2D eigenvalue weighted by atomic mass is 19.3. The molecule has 0 saturated heterocycles. The molecule has 0 bridgehead atoms. The molecule has 0 saturated carbocycles. The SMILES string of the molecule is Cc1cnn(CC(=O)NC2CCCc3cc(OC(F)F)ccc32)c1. The highest BCUT2D eigenvalue weighted by molar-refractivity contribution is 5.76. The highest BCUT2D eigenvalue weighted by Crippen LogP contribution is 2.32. The van der Waals surface area contributed by atoms with Crippen molar-refractivity contribution >= 4 is 5.91 Å². The van der Waals surface area contributed by atoms with Crippen molar-refractivity contribution in [3.8, 4) is 5.75 Å². The van der Waals surface area contributed by atoms with Crippen LogP contribution < -0.4 is 10.1 Å². The van der Waals surface area contributed by atoms with E-state index in [1.165, 1.54) is 6.07 Å². The summed E-state index contributed by atoms with van der Waals surface area (Å²) in [4.78, 5) is 12.2. The Bertz CT molecular complexity index is 730. The third-order valence-corrected chi connectivity index (χ3v) is 4.06. The number of nitrogens with zero attached hydrogens (tertiary/aromatic N) is 2. The van der Waals surface area contributed by atoms with E-state index < -0.39 is 6.61 Å². The van der Waals surface area contributed by atoms with Crippen molar-refractivity contribution in [1.82, 2.24) is 15.1 Å². The number of rotatable bonds is 5. The molecule has 1 unspecified atom stereocenters. The molecule has 0 spiro atoms. The molecule has 1 atom stereocenters. The Morgan fingerprint density at radius 1 is 1.50 bits per heavy atom. The van der Waals surface area contributed by atoms with Crippen LogP contribution in [-0.2, 0) is 17.8 Å². The molecule has 24 heavy (non-hydrogen) atoms. The van der Waals surface area contributed by atoms with Gasteiger partial charge in [0.1, 0.15) is 12.3 Å². The molecule has 1 aromatic heterocycles. The van der Waals surface area contributed by atoms with Gasteiger partial charge >= 0.3 is 6.61 Å². The fraction of sp³-hybridized carbons (Fsp3) is 0.412. The van der Waals surface area contributed by atoms with E-state index >= 15 is 0 Å². The van der Waals surface area contributed by atoms with Crippen LogP contribution in [0.1, 0.15) is 35.6 Å². The van der Waals surface area contributed by atoms with Crippen molar-refractivity contribution in [1.29, 1.82) is 0 Å². The number of halogens is 2. The summed E-state index contributed by atoms with van der Waals surface area (Å²) >= 11 is 0. The zero-order chi connectivity index (χ0) is 17.1.